The standard InChI is InChI=1S/C7H9BrF3NO2/c8-4(5(12)7(9,10)11)6(13)14-3-1-2-3/h3-5H,1-2,12H2/t4-,5+/m0/s1. The third kappa shape index (κ3) is 3.13. The summed E-state index contributed by atoms with van der Waals surface area (Å²) in [6, 6.07) is -2.23. The molecule has 0 unspecified atom stereocenters. The molecule has 0 heterocycles. The number of nitrogens with two attached hydrogens (primary N) is 1. The summed E-state index contributed by atoms with van der Waals surface area (Å²) in [7, 11) is 0. The fourth-order valence-electron chi connectivity index (χ4n) is 0.728. The van der Waals surface area contributed by atoms with Gasteiger partial charge in [0.1, 0.15) is 17.0 Å². The molecule has 0 aromatic heterocycles. The maximum atomic E-state index is 12.1. The Morgan fingerprint density at radius 2 is 2.00 bits per heavy atom. The van der Waals surface area contributed by atoms with Crippen molar-refractivity contribution in [1.29, 1.82) is 0 Å². The Morgan fingerprint density at radius 3 is 2.36 bits per heavy atom. The summed E-state index contributed by atoms with van der Waals surface area (Å²) in [5.41, 5.74) is 4.82. The molecule has 0 spiro atoms. The van der Waals surface area contributed by atoms with Crippen molar-refractivity contribution in [2.75, 3.05) is 0 Å². The Bertz CT molecular complexity index is 229. The van der Waals surface area contributed by atoms with Gasteiger partial charge in [-0.1, -0.05) is 15.9 Å². The molecule has 1 saturated carbocycles. The molecular weight excluding hydrogens is 267 g/mol. The molecule has 1 aliphatic carbocycles. The lowest BCUT2D eigenvalue weighted by molar-refractivity contribution is -0.162. The zero-order chi connectivity index (χ0) is 10.9. The van der Waals surface area contributed by atoms with E-state index in [-0.39, 0.29) is 6.10 Å². The molecule has 0 bridgehead atoms. The minimum absolute atomic E-state index is 0.219. The first-order chi connectivity index (χ1) is 6.32. The van der Waals surface area contributed by atoms with Gasteiger partial charge in [-0.15, -0.1) is 0 Å². The molecule has 2 N–H and O–H groups in total. The number of carbonyl (C=O) groups is 1. The summed E-state index contributed by atoms with van der Waals surface area (Å²) >= 11 is 2.58. The van der Waals surface area contributed by atoms with Crippen molar-refractivity contribution >= 4 is 21.9 Å². The molecule has 1 aliphatic rings. The molecule has 0 aromatic rings. The lowest BCUT2D eigenvalue weighted by atomic mass is 10.2. The normalized spacial score (nSPS) is 21.5. The first-order valence-corrected chi connectivity index (χ1v) is 4.91. The summed E-state index contributed by atoms with van der Waals surface area (Å²) in [6.45, 7) is 0. The summed E-state index contributed by atoms with van der Waals surface area (Å²) in [5, 5.41) is 0. The molecule has 0 aromatic carbocycles. The van der Waals surface area contributed by atoms with E-state index in [0.717, 1.165) is 0 Å². The average Bonchev–Trinajstić information content (AvgIpc) is 2.83. The lowest BCUT2D eigenvalue weighted by Crippen LogP contribution is -2.48. The van der Waals surface area contributed by atoms with Crippen molar-refractivity contribution in [1.82, 2.24) is 0 Å². The molecule has 0 aliphatic heterocycles. The molecule has 2 atom stereocenters. The maximum absolute atomic E-state index is 12.1. The molecule has 1 rings (SSSR count). The van der Waals surface area contributed by atoms with E-state index < -0.39 is 23.0 Å². The second kappa shape index (κ2) is 4.06. The minimum Gasteiger partial charge on any atom is -0.461 e. The first kappa shape index (κ1) is 11.8. The molecule has 1 fully saturated rings. The average molecular weight is 276 g/mol. The minimum atomic E-state index is -4.60. The summed E-state index contributed by atoms with van der Waals surface area (Å²) in [4.78, 5) is 9.51. The van der Waals surface area contributed by atoms with Crippen molar-refractivity contribution in [3.63, 3.8) is 0 Å². The summed E-state index contributed by atoms with van der Waals surface area (Å²) in [5.74, 6) is -0.947. The predicted molar refractivity (Wildman–Crippen MR) is 45.9 cm³/mol. The fraction of sp³-hybridized carbons (Fsp3) is 0.857. The Balaban J connectivity index is 2.45. The molecule has 3 nitrogen and oxygen atoms in total. The van der Waals surface area contributed by atoms with E-state index in [1.54, 1.807) is 0 Å². The van der Waals surface area contributed by atoms with E-state index in [1.807, 2.05) is 0 Å². The van der Waals surface area contributed by atoms with Gasteiger partial charge in [-0.05, 0) is 12.8 Å². The molecule has 0 radical (unpaired) electrons. The van der Waals surface area contributed by atoms with E-state index >= 15 is 0 Å². The van der Waals surface area contributed by atoms with Crippen LogP contribution >= 0.6 is 15.9 Å². The molecule has 14 heavy (non-hydrogen) atoms. The SMILES string of the molecule is N[C@H]([C@H](Br)C(=O)OC1CC1)C(F)(F)F. The van der Waals surface area contributed by atoms with Crippen molar-refractivity contribution in [2.45, 2.75) is 36.0 Å². The predicted octanol–water partition coefficient (Wildman–Crippen LogP) is 1.35. The quantitative estimate of drug-likeness (QED) is 0.625. The number of rotatable bonds is 3. The third-order valence-corrected chi connectivity index (χ3v) is 2.67. The van der Waals surface area contributed by atoms with E-state index in [1.165, 1.54) is 0 Å². The van der Waals surface area contributed by atoms with Gasteiger partial charge in [-0.2, -0.15) is 13.2 Å². The Kier molecular flexibility index (Phi) is 3.41. The van der Waals surface area contributed by atoms with Crippen LogP contribution in [0.4, 0.5) is 13.2 Å². The number of ether oxygens (including phenoxy) is 1. The van der Waals surface area contributed by atoms with E-state index in [9.17, 15) is 18.0 Å². The highest BCUT2D eigenvalue weighted by atomic mass is 79.9. The Morgan fingerprint density at radius 1 is 1.50 bits per heavy atom. The van der Waals surface area contributed by atoms with Crippen LogP contribution in [-0.4, -0.2) is 29.1 Å². The van der Waals surface area contributed by atoms with Gasteiger partial charge in [0.15, 0.2) is 0 Å². The monoisotopic (exact) mass is 275 g/mol. The van der Waals surface area contributed by atoms with Gasteiger partial charge in [-0.25, -0.2) is 0 Å². The number of alkyl halides is 4. The van der Waals surface area contributed by atoms with Gasteiger partial charge in [0.25, 0.3) is 0 Å². The highest BCUT2D eigenvalue weighted by Gasteiger charge is 2.45. The Labute approximate surface area is 86.9 Å². The van der Waals surface area contributed by atoms with Gasteiger partial charge in [-0.3, -0.25) is 4.79 Å². The van der Waals surface area contributed by atoms with Crippen LogP contribution in [0.25, 0.3) is 0 Å². The van der Waals surface area contributed by atoms with E-state index in [4.69, 9.17) is 5.73 Å². The van der Waals surface area contributed by atoms with Crippen molar-refractivity contribution in [3.8, 4) is 0 Å². The largest absolute Gasteiger partial charge is 0.461 e. The van der Waals surface area contributed by atoms with Crippen molar-refractivity contribution in [2.24, 2.45) is 5.73 Å². The van der Waals surface area contributed by atoms with Gasteiger partial charge >= 0.3 is 12.1 Å². The van der Waals surface area contributed by atoms with Crippen LogP contribution in [0.15, 0.2) is 0 Å². The van der Waals surface area contributed by atoms with E-state index in [2.05, 4.69) is 20.7 Å². The number of esters is 1. The molecular formula is C7H9BrF3NO2. The highest BCUT2D eigenvalue weighted by molar-refractivity contribution is 9.10. The fourth-order valence-corrected chi connectivity index (χ4v) is 1.14. The summed E-state index contributed by atoms with van der Waals surface area (Å²) in [6.07, 6.45) is -3.39. The van der Waals surface area contributed by atoms with Gasteiger partial charge in [0, 0.05) is 0 Å². The van der Waals surface area contributed by atoms with Crippen molar-refractivity contribution < 1.29 is 22.7 Å². The highest BCUT2D eigenvalue weighted by Crippen LogP contribution is 2.28. The molecule has 82 valence electrons. The smallest absolute Gasteiger partial charge is 0.405 e. The number of carbonyl (C=O) groups excluding carboxylic acids is 1. The number of hydrogen-bond donors (Lipinski definition) is 1. The van der Waals surface area contributed by atoms with Gasteiger partial charge in [0.05, 0.1) is 0 Å². The van der Waals surface area contributed by atoms with Crippen LogP contribution in [0.1, 0.15) is 12.8 Å². The van der Waals surface area contributed by atoms with Crippen LogP contribution < -0.4 is 5.73 Å². The second-order valence-corrected chi connectivity index (χ2v) is 4.09. The van der Waals surface area contributed by atoms with Crippen LogP contribution in [0.2, 0.25) is 0 Å². The number of hydrogen-bond acceptors (Lipinski definition) is 3. The van der Waals surface area contributed by atoms with Crippen LogP contribution in [0.5, 0.6) is 0 Å². The molecule has 0 amide bonds. The number of halogens is 4. The Hall–Kier alpha value is -0.300. The van der Waals surface area contributed by atoms with Gasteiger partial charge < -0.3 is 10.5 Å². The zero-order valence-corrected chi connectivity index (χ0v) is 8.64. The zero-order valence-electron chi connectivity index (χ0n) is 7.05. The van der Waals surface area contributed by atoms with Crippen LogP contribution in [0, 0.1) is 0 Å². The van der Waals surface area contributed by atoms with Gasteiger partial charge in [0.2, 0.25) is 0 Å². The lowest BCUT2D eigenvalue weighted by Gasteiger charge is -2.19. The van der Waals surface area contributed by atoms with Crippen LogP contribution in [-0.2, 0) is 9.53 Å². The third-order valence-electron chi connectivity index (χ3n) is 1.73. The summed E-state index contributed by atoms with van der Waals surface area (Å²) < 4.78 is 40.8. The van der Waals surface area contributed by atoms with Crippen LogP contribution in [0.3, 0.4) is 0 Å². The topological polar surface area (TPSA) is 52.3 Å². The first-order valence-electron chi connectivity index (χ1n) is 3.99. The van der Waals surface area contributed by atoms with E-state index in [0.29, 0.717) is 12.8 Å². The molecule has 0 saturated heterocycles. The molecule has 7 heteroatoms. The maximum Gasteiger partial charge on any atom is 0.405 e. The second-order valence-electron chi connectivity index (χ2n) is 3.11. The van der Waals surface area contributed by atoms with Crippen molar-refractivity contribution in [3.05, 3.63) is 0 Å².